The first-order chi connectivity index (χ1) is 9.35. The monoisotopic (exact) mass is 261 g/mol. The molecule has 0 unspecified atom stereocenters. The van der Waals surface area contributed by atoms with Crippen molar-refractivity contribution in [2.75, 3.05) is 11.9 Å². The summed E-state index contributed by atoms with van der Waals surface area (Å²) in [7, 11) is 0. The number of unbranched alkanes of at least 4 members (excludes halogenated alkanes) is 1. The van der Waals surface area contributed by atoms with Crippen LogP contribution in [0.5, 0.6) is 0 Å². The zero-order valence-electron chi connectivity index (χ0n) is 12.5. The highest BCUT2D eigenvalue weighted by Gasteiger charge is 2.16. The summed E-state index contributed by atoms with van der Waals surface area (Å²) in [5.74, 6) is 2.17. The van der Waals surface area contributed by atoms with Crippen LogP contribution in [0.15, 0.2) is 0 Å². The SMILES string of the molecule is CCCCc1nc2c(c(NCCC)n1)CCCCC2. The molecule has 0 fully saturated rings. The molecule has 1 aromatic rings. The number of nitrogens with zero attached hydrogens (tertiary/aromatic N) is 2. The van der Waals surface area contributed by atoms with Crippen LogP contribution in [0, 0.1) is 0 Å². The van der Waals surface area contributed by atoms with Crippen molar-refractivity contribution in [1.82, 2.24) is 9.97 Å². The van der Waals surface area contributed by atoms with E-state index in [1.165, 1.54) is 43.4 Å². The van der Waals surface area contributed by atoms with Crippen LogP contribution in [-0.4, -0.2) is 16.5 Å². The van der Waals surface area contributed by atoms with E-state index in [1.807, 2.05) is 0 Å². The molecule has 0 saturated heterocycles. The van der Waals surface area contributed by atoms with Gasteiger partial charge in [-0.25, -0.2) is 9.97 Å². The van der Waals surface area contributed by atoms with Crippen LogP contribution in [0.25, 0.3) is 0 Å². The third-order valence-electron chi connectivity index (χ3n) is 3.78. The van der Waals surface area contributed by atoms with Crippen molar-refractivity contribution in [1.29, 1.82) is 0 Å². The molecule has 1 aliphatic rings. The fraction of sp³-hybridized carbons (Fsp3) is 0.750. The van der Waals surface area contributed by atoms with Crippen molar-refractivity contribution < 1.29 is 0 Å². The van der Waals surface area contributed by atoms with Gasteiger partial charge in [0, 0.05) is 24.2 Å². The number of hydrogen-bond donors (Lipinski definition) is 1. The maximum atomic E-state index is 4.83. The van der Waals surface area contributed by atoms with E-state index < -0.39 is 0 Å². The highest BCUT2D eigenvalue weighted by Crippen LogP contribution is 2.25. The fourth-order valence-electron chi connectivity index (χ4n) is 2.66. The lowest BCUT2D eigenvalue weighted by atomic mass is 10.1. The predicted octanol–water partition coefficient (Wildman–Crippen LogP) is 3.91. The summed E-state index contributed by atoms with van der Waals surface area (Å²) >= 11 is 0. The zero-order valence-corrected chi connectivity index (χ0v) is 12.5. The average molecular weight is 261 g/mol. The van der Waals surface area contributed by atoms with Gasteiger partial charge in [0.2, 0.25) is 0 Å². The molecule has 1 N–H and O–H groups in total. The first-order valence-electron chi connectivity index (χ1n) is 7.97. The Kier molecular flexibility index (Phi) is 5.62. The van der Waals surface area contributed by atoms with Crippen LogP contribution >= 0.6 is 0 Å². The largest absolute Gasteiger partial charge is 0.370 e. The van der Waals surface area contributed by atoms with Gasteiger partial charge in [-0.1, -0.05) is 26.7 Å². The van der Waals surface area contributed by atoms with E-state index in [0.717, 1.165) is 43.9 Å². The molecule has 2 rings (SSSR count). The van der Waals surface area contributed by atoms with Gasteiger partial charge < -0.3 is 5.32 Å². The van der Waals surface area contributed by atoms with E-state index in [9.17, 15) is 0 Å². The average Bonchev–Trinajstić information content (AvgIpc) is 2.67. The molecule has 0 bridgehead atoms. The Balaban J connectivity index is 2.25. The minimum absolute atomic E-state index is 1.01. The van der Waals surface area contributed by atoms with E-state index in [1.54, 1.807) is 0 Å². The third kappa shape index (κ3) is 3.92. The second-order valence-electron chi connectivity index (χ2n) is 5.50. The van der Waals surface area contributed by atoms with Gasteiger partial charge in [-0.15, -0.1) is 0 Å². The first kappa shape index (κ1) is 14.3. The summed E-state index contributed by atoms with van der Waals surface area (Å²) in [6, 6.07) is 0. The summed E-state index contributed by atoms with van der Waals surface area (Å²) in [5, 5.41) is 3.52. The Morgan fingerprint density at radius 3 is 2.63 bits per heavy atom. The van der Waals surface area contributed by atoms with Crippen molar-refractivity contribution in [2.45, 2.75) is 71.6 Å². The lowest BCUT2D eigenvalue weighted by molar-refractivity contribution is 0.705. The number of nitrogens with one attached hydrogen (secondary N) is 1. The molecule has 1 heterocycles. The molecule has 1 aromatic heterocycles. The Morgan fingerprint density at radius 2 is 1.84 bits per heavy atom. The molecule has 3 heteroatoms. The third-order valence-corrected chi connectivity index (χ3v) is 3.78. The van der Waals surface area contributed by atoms with Gasteiger partial charge in [-0.3, -0.25) is 0 Å². The number of aryl methyl sites for hydroxylation is 2. The Morgan fingerprint density at radius 1 is 1.00 bits per heavy atom. The second kappa shape index (κ2) is 7.46. The van der Waals surface area contributed by atoms with Gasteiger partial charge in [0.1, 0.15) is 11.6 Å². The number of rotatable bonds is 6. The second-order valence-corrected chi connectivity index (χ2v) is 5.50. The summed E-state index contributed by atoms with van der Waals surface area (Å²) in [6.07, 6.45) is 10.7. The molecule has 19 heavy (non-hydrogen) atoms. The molecular formula is C16H27N3. The molecule has 0 saturated carbocycles. The van der Waals surface area contributed by atoms with Crippen LogP contribution in [0.1, 0.15) is 69.5 Å². The molecular weight excluding hydrogens is 234 g/mol. The molecule has 0 radical (unpaired) electrons. The topological polar surface area (TPSA) is 37.8 Å². The van der Waals surface area contributed by atoms with Gasteiger partial charge in [0.25, 0.3) is 0 Å². The van der Waals surface area contributed by atoms with E-state index in [-0.39, 0.29) is 0 Å². The minimum atomic E-state index is 1.01. The smallest absolute Gasteiger partial charge is 0.133 e. The number of fused-ring (bicyclic) bond motifs is 1. The van der Waals surface area contributed by atoms with Gasteiger partial charge in [-0.05, 0) is 38.5 Å². The van der Waals surface area contributed by atoms with Gasteiger partial charge in [-0.2, -0.15) is 0 Å². The summed E-state index contributed by atoms with van der Waals surface area (Å²) < 4.78 is 0. The highest BCUT2D eigenvalue weighted by atomic mass is 15.0. The van der Waals surface area contributed by atoms with Gasteiger partial charge in [0.05, 0.1) is 0 Å². The van der Waals surface area contributed by atoms with Gasteiger partial charge in [0.15, 0.2) is 0 Å². The molecule has 0 aliphatic heterocycles. The maximum Gasteiger partial charge on any atom is 0.133 e. The summed E-state index contributed by atoms with van der Waals surface area (Å²) in [5.41, 5.74) is 2.71. The Labute approximate surface area is 117 Å². The van der Waals surface area contributed by atoms with Crippen molar-refractivity contribution in [3.8, 4) is 0 Å². The summed E-state index contributed by atoms with van der Waals surface area (Å²) in [4.78, 5) is 9.61. The van der Waals surface area contributed by atoms with Crippen LogP contribution < -0.4 is 5.32 Å². The molecule has 0 aromatic carbocycles. The van der Waals surface area contributed by atoms with Crippen molar-refractivity contribution >= 4 is 5.82 Å². The Hall–Kier alpha value is -1.12. The van der Waals surface area contributed by atoms with Crippen molar-refractivity contribution in [3.63, 3.8) is 0 Å². The molecule has 0 spiro atoms. The molecule has 0 amide bonds. The van der Waals surface area contributed by atoms with Crippen LogP contribution in [0.3, 0.4) is 0 Å². The minimum Gasteiger partial charge on any atom is -0.370 e. The van der Waals surface area contributed by atoms with Crippen molar-refractivity contribution in [3.05, 3.63) is 17.1 Å². The number of anilines is 1. The van der Waals surface area contributed by atoms with Crippen LogP contribution in [0.2, 0.25) is 0 Å². The molecule has 1 aliphatic carbocycles. The van der Waals surface area contributed by atoms with E-state index in [4.69, 9.17) is 9.97 Å². The standard InChI is InChI=1S/C16H27N3/c1-3-5-11-15-18-14-10-8-6-7-9-13(14)16(19-15)17-12-4-2/h3-12H2,1-2H3,(H,17,18,19). The zero-order chi connectivity index (χ0) is 13.5. The lowest BCUT2D eigenvalue weighted by Gasteiger charge is -2.14. The predicted molar refractivity (Wildman–Crippen MR) is 80.7 cm³/mol. The van der Waals surface area contributed by atoms with E-state index in [0.29, 0.717) is 0 Å². The number of hydrogen-bond acceptors (Lipinski definition) is 3. The lowest BCUT2D eigenvalue weighted by Crippen LogP contribution is -2.12. The summed E-state index contributed by atoms with van der Waals surface area (Å²) in [6.45, 7) is 5.43. The van der Waals surface area contributed by atoms with Crippen molar-refractivity contribution in [2.24, 2.45) is 0 Å². The Bertz CT molecular complexity index is 401. The quantitative estimate of drug-likeness (QED) is 0.789. The van der Waals surface area contributed by atoms with E-state index in [2.05, 4.69) is 19.2 Å². The van der Waals surface area contributed by atoms with Gasteiger partial charge >= 0.3 is 0 Å². The molecule has 106 valence electrons. The normalized spacial score (nSPS) is 14.8. The highest BCUT2D eigenvalue weighted by molar-refractivity contribution is 5.47. The molecule has 3 nitrogen and oxygen atoms in total. The van der Waals surface area contributed by atoms with Crippen LogP contribution in [0.4, 0.5) is 5.82 Å². The fourth-order valence-corrected chi connectivity index (χ4v) is 2.66. The first-order valence-corrected chi connectivity index (χ1v) is 7.97. The molecule has 0 atom stereocenters. The van der Waals surface area contributed by atoms with Crippen LogP contribution in [-0.2, 0) is 19.3 Å². The van der Waals surface area contributed by atoms with E-state index >= 15 is 0 Å². The maximum absolute atomic E-state index is 4.83. The number of aromatic nitrogens is 2.